The summed E-state index contributed by atoms with van der Waals surface area (Å²) in [5.74, 6) is 0.572. The molecule has 0 saturated carbocycles. The molecular formula is C19H25N3O4S. The van der Waals surface area contributed by atoms with Crippen LogP contribution in [-0.4, -0.2) is 49.0 Å². The first-order chi connectivity index (χ1) is 12.8. The van der Waals surface area contributed by atoms with Crippen molar-refractivity contribution in [2.24, 2.45) is 0 Å². The van der Waals surface area contributed by atoms with Crippen LogP contribution in [0.15, 0.2) is 23.4 Å². The van der Waals surface area contributed by atoms with Crippen molar-refractivity contribution in [1.82, 2.24) is 14.3 Å². The number of hydrogen-bond donors (Lipinski definition) is 0. The molecule has 2 aromatic rings. The second-order valence-corrected chi connectivity index (χ2v) is 8.73. The molecule has 0 spiro atoms. The van der Waals surface area contributed by atoms with Crippen LogP contribution in [0.1, 0.15) is 28.7 Å². The van der Waals surface area contributed by atoms with Crippen molar-refractivity contribution in [2.75, 3.05) is 20.2 Å². The van der Waals surface area contributed by atoms with E-state index in [2.05, 4.69) is 9.97 Å². The van der Waals surface area contributed by atoms with Gasteiger partial charge in [-0.05, 0) is 56.4 Å². The number of methoxy groups -OCH3 is 1. The largest absolute Gasteiger partial charge is 0.477 e. The molecule has 1 unspecified atom stereocenters. The van der Waals surface area contributed by atoms with Crippen molar-refractivity contribution in [1.29, 1.82) is 0 Å². The molecule has 1 aromatic heterocycles. The molecule has 0 N–H and O–H groups in total. The number of rotatable bonds is 5. The van der Waals surface area contributed by atoms with E-state index >= 15 is 0 Å². The van der Waals surface area contributed by atoms with E-state index in [4.69, 9.17) is 9.47 Å². The lowest BCUT2D eigenvalue weighted by molar-refractivity contribution is 0.194. The number of hydrogen-bond acceptors (Lipinski definition) is 6. The van der Waals surface area contributed by atoms with Gasteiger partial charge in [0.05, 0.1) is 18.6 Å². The van der Waals surface area contributed by atoms with Crippen molar-refractivity contribution in [3.63, 3.8) is 0 Å². The lowest BCUT2D eigenvalue weighted by atomic mass is 10.0. The summed E-state index contributed by atoms with van der Waals surface area (Å²) in [4.78, 5) is 8.60. The Labute approximate surface area is 160 Å². The fourth-order valence-electron chi connectivity index (χ4n) is 3.40. The SMILES string of the molecule is COc1nccnc1OC1CCN(S(=O)(=O)c2c(C)c(C)cc(C)c2C)C1. The number of aryl methyl sites for hydroxylation is 2. The fraction of sp³-hybridized carbons (Fsp3) is 0.474. The molecule has 1 aliphatic heterocycles. The molecule has 0 radical (unpaired) electrons. The van der Waals surface area contributed by atoms with Crippen LogP contribution in [0.2, 0.25) is 0 Å². The Morgan fingerprint density at radius 2 is 1.63 bits per heavy atom. The maximum Gasteiger partial charge on any atom is 0.278 e. The molecule has 1 aromatic carbocycles. The zero-order chi connectivity index (χ0) is 19.8. The van der Waals surface area contributed by atoms with Crippen molar-refractivity contribution < 1.29 is 17.9 Å². The van der Waals surface area contributed by atoms with Gasteiger partial charge in [0.1, 0.15) is 6.10 Å². The Bertz CT molecular complexity index is 933. The summed E-state index contributed by atoms with van der Waals surface area (Å²) in [6.45, 7) is 8.29. The van der Waals surface area contributed by atoms with Crippen LogP contribution < -0.4 is 9.47 Å². The topological polar surface area (TPSA) is 81.6 Å². The van der Waals surface area contributed by atoms with Gasteiger partial charge in [-0.15, -0.1) is 0 Å². The Hall–Kier alpha value is -2.19. The Kier molecular flexibility index (Phi) is 5.39. The van der Waals surface area contributed by atoms with Gasteiger partial charge in [0, 0.05) is 18.9 Å². The number of sulfonamides is 1. The summed E-state index contributed by atoms with van der Waals surface area (Å²) in [5.41, 5.74) is 3.57. The first kappa shape index (κ1) is 19.6. The smallest absolute Gasteiger partial charge is 0.278 e. The fourth-order valence-corrected chi connectivity index (χ4v) is 5.46. The van der Waals surface area contributed by atoms with Crippen molar-refractivity contribution in [3.05, 3.63) is 40.7 Å². The molecule has 7 nitrogen and oxygen atoms in total. The zero-order valence-electron chi connectivity index (χ0n) is 16.3. The highest BCUT2D eigenvalue weighted by Crippen LogP contribution is 2.31. The van der Waals surface area contributed by atoms with E-state index in [-0.39, 0.29) is 18.5 Å². The lowest BCUT2D eigenvalue weighted by Crippen LogP contribution is -2.32. The quantitative estimate of drug-likeness (QED) is 0.779. The minimum absolute atomic E-state index is 0.272. The molecule has 3 rings (SSSR count). The first-order valence-corrected chi connectivity index (χ1v) is 10.3. The summed E-state index contributed by atoms with van der Waals surface area (Å²) < 4.78 is 39.1. The van der Waals surface area contributed by atoms with Crippen LogP contribution in [0.3, 0.4) is 0 Å². The molecule has 2 heterocycles. The summed E-state index contributed by atoms with van der Waals surface area (Å²) in [5, 5.41) is 0. The molecule has 27 heavy (non-hydrogen) atoms. The highest BCUT2D eigenvalue weighted by molar-refractivity contribution is 7.89. The lowest BCUT2D eigenvalue weighted by Gasteiger charge is -2.22. The van der Waals surface area contributed by atoms with Crippen LogP contribution in [0.5, 0.6) is 11.8 Å². The third-order valence-electron chi connectivity index (χ3n) is 5.11. The summed E-state index contributed by atoms with van der Waals surface area (Å²) >= 11 is 0. The molecule has 1 saturated heterocycles. The van der Waals surface area contributed by atoms with Gasteiger partial charge < -0.3 is 9.47 Å². The first-order valence-electron chi connectivity index (χ1n) is 8.85. The predicted molar refractivity (Wildman–Crippen MR) is 102 cm³/mol. The van der Waals surface area contributed by atoms with Crippen molar-refractivity contribution in [3.8, 4) is 11.8 Å². The van der Waals surface area contributed by atoms with Gasteiger partial charge in [-0.1, -0.05) is 6.07 Å². The summed E-state index contributed by atoms with van der Waals surface area (Å²) in [6, 6.07) is 2.03. The van der Waals surface area contributed by atoms with E-state index < -0.39 is 10.0 Å². The number of ether oxygens (including phenoxy) is 2. The highest BCUT2D eigenvalue weighted by atomic mass is 32.2. The maximum atomic E-state index is 13.3. The van der Waals surface area contributed by atoms with Gasteiger partial charge in [-0.25, -0.2) is 18.4 Å². The molecule has 1 aliphatic rings. The summed E-state index contributed by atoms with van der Waals surface area (Å²) in [6.07, 6.45) is 3.32. The zero-order valence-corrected chi connectivity index (χ0v) is 17.1. The molecule has 8 heteroatoms. The van der Waals surface area contributed by atoms with E-state index in [1.807, 2.05) is 33.8 Å². The van der Waals surface area contributed by atoms with E-state index in [1.165, 1.54) is 23.8 Å². The average molecular weight is 391 g/mol. The molecule has 1 fully saturated rings. The molecule has 0 amide bonds. The minimum atomic E-state index is -3.60. The molecule has 0 aliphatic carbocycles. The van der Waals surface area contributed by atoms with Crippen LogP contribution in [0.25, 0.3) is 0 Å². The van der Waals surface area contributed by atoms with Crippen LogP contribution in [-0.2, 0) is 10.0 Å². The minimum Gasteiger partial charge on any atom is -0.477 e. The van der Waals surface area contributed by atoms with E-state index in [1.54, 1.807) is 0 Å². The molecular weight excluding hydrogens is 366 g/mol. The van der Waals surface area contributed by atoms with E-state index in [9.17, 15) is 8.42 Å². The van der Waals surface area contributed by atoms with Gasteiger partial charge in [-0.3, -0.25) is 0 Å². The Balaban J connectivity index is 1.85. The van der Waals surface area contributed by atoms with Gasteiger partial charge in [0.2, 0.25) is 10.0 Å². The summed E-state index contributed by atoms with van der Waals surface area (Å²) in [7, 11) is -2.11. The van der Waals surface area contributed by atoms with Gasteiger partial charge in [0.25, 0.3) is 11.8 Å². The average Bonchev–Trinajstić information content (AvgIpc) is 3.10. The number of benzene rings is 1. The third-order valence-corrected chi connectivity index (χ3v) is 7.25. The third kappa shape index (κ3) is 3.64. The highest BCUT2D eigenvalue weighted by Gasteiger charge is 2.36. The van der Waals surface area contributed by atoms with Crippen LogP contribution >= 0.6 is 0 Å². The van der Waals surface area contributed by atoms with Crippen LogP contribution in [0, 0.1) is 27.7 Å². The second kappa shape index (κ2) is 7.44. The Morgan fingerprint density at radius 1 is 1.04 bits per heavy atom. The molecule has 0 bridgehead atoms. The second-order valence-electron chi connectivity index (χ2n) is 6.85. The van der Waals surface area contributed by atoms with Gasteiger partial charge >= 0.3 is 0 Å². The predicted octanol–water partition coefficient (Wildman–Crippen LogP) is 2.56. The van der Waals surface area contributed by atoms with Gasteiger partial charge in [-0.2, -0.15) is 4.31 Å². The van der Waals surface area contributed by atoms with Crippen molar-refractivity contribution in [2.45, 2.75) is 45.1 Å². The molecule has 146 valence electrons. The van der Waals surface area contributed by atoms with E-state index in [0.717, 1.165) is 22.3 Å². The van der Waals surface area contributed by atoms with Crippen molar-refractivity contribution >= 4 is 10.0 Å². The van der Waals surface area contributed by atoms with Crippen LogP contribution in [0.4, 0.5) is 0 Å². The number of aromatic nitrogens is 2. The standard InChI is InChI=1S/C19H25N3O4S/c1-12-10-13(2)15(4)17(14(12)3)27(23,24)22-9-6-16(11-22)26-19-18(25-5)20-7-8-21-19/h7-8,10,16H,6,9,11H2,1-5H3. The van der Waals surface area contributed by atoms with Gasteiger partial charge in [0.15, 0.2) is 0 Å². The normalized spacial score (nSPS) is 17.9. The Morgan fingerprint density at radius 3 is 2.22 bits per heavy atom. The monoisotopic (exact) mass is 391 g/mol. The van der Waals surface area contributed by atoms with E-state index in [0.29, 0.717) is 23.7 Å². The number of nitrogens with zero attached hydrogens (tertiary/aromatic N) is 3. The maximum absolute atomic E-state index is 13.3. The molecule has 1 atom stereocenters.